The van der Waals surface area contributed by atoms with E-state index < -0.39 is 0 Å². The van der Waals surface area contributed by atoms with Crippen LogP contribution in [0.3, 0.4) is 0 Å². The molecule has 8 bridgehead atoms. The van der Waals surface area contributed by atoms with Crippen LogP contribution in [0.15, 0.2) is 146 Å². The molecule has 4 aromatic heterocycles. The Kier molecular flexibility index (Phi) is 7.82. The summed E-state index contributed by atoms with van der Waals surface area (Å²) < 4.78 is 0. The lowest BCUT2D eigenvalue weighted by Gasteiger charge is -2.16. The fraction of sp³-hybridized carbons (Fsp3) is 0.0435. The third-order valence-corrected chi connectivity index (χ3v) is 9.76. The number of fused-ring (bicyclic) bond motifs is 8. The molecule has 9 rings (SSSR count). The van der Waals surface area contributed by atoms with Crippen molar-refractivity contribution in [3.63, 3.8) is 0 Å². The molecule has 0 aliphatic carbocycles. The zero-order valence-electron chi connectivity index (χ0n) is 29.0. The summed E-state index contributed by atoms with van der Waals surface area (Å²) in [4.78, 5) is 14.9. The van der Waals surface area contributed by atoms with E-state index in [0.717, 1.165) is 89.2 Å². The molecule has 0 saturated carbocycles. The highest BCUT2D eigenvalue weighted by molar-refractivity contribution is 5.88. The van der Waals surface area contributed by atoms with Crippen molar-refractivity contribution < 1.29 is 0 Å². The topological polar surface area (TPSA) is 87.2 Å². The quantitative estimate of drug-likeness (QED) is 0.110. The number of benzene rings is 4. The normalized spacial score (nSPS) is 12.3. The summed E-state index contributed by atoms with van der Waals surface area (Å²) in [6.07, 6.45) is 4.33. The van der Waals surface area contributed by atoms with Gasteiger partial charge in [-0.15, -0.1) is 0 Å². The maximum atomic E-state index is 3.74. The minimum atomic E-state index is 1.00. The van der Waals surface area contributed by atoms with Crippen molar-refractivity contribution in [2.24, 2.45) is 0 Å². The fourth-order valence-corrected chi connectivity index (χ4v) is 7.11. The van der Waals surface area contributed by atoms with Crippen LogP contribution < -0.4 is 32.0 Å². The molecule has 0 spiro atoms. The summed E-state index contributed by atoms with van der Waals surface area (Å²) in [5, 5.41) is 11.5. The Bertz CT molecular complexity index is 2640. The number of hydrogen-bond donors (Lipinski definition) is 6. The van der Waals surface area contributed by atoms with Gasteiger partial charge in [-0.1, -0.05) is 72.8 Å². The highest BCUT2D eigenvalue weighted by Crippen LogP contribution is 2.32. The van der Waals surface area contributed by atoms with E-state index >= 15 is 0 Å². The van der Waals surface area contributed by atoms with Gasteiger partial charge in [0.05, 0.1) is 0 Å². The van der Waals surface area contributed by atoms with Gasteiger partial charge in [0.1, 0.15) is 0 Å². The van der Waals surface area contributed by atoms with E-state index in [9.17, 15) is 0 Å². The number of para-hydroxylation sites is 4. The zero-order valence-corrected chi connectivity index (χ0v) is 29.0. The van der Waals surface area contributed by atoms with Crippen molar-refractivity contribution >= 4 is 46.0 Å². The smallest absolute Gasteiger partial charge is 0.0486 e. The second-order valence-corrected chi connectivity index (χ2v) is 13.3. The molecule has 0 unspecified atom stereocenters. The summed E-state index contributed by atoms with van der Waals surface area (Å²) in [7, 11) is 0. The van der Waals surface area contributed by atoms with Crippen molar-refractivity contribution in [1.82, 2.24) is 19.9 Å². The van der Waals surface area contributed by atoms with Crippen LogP contribution in [0.2, 0.25) is 0 Å². The minimum absolute atomic E-state index is 1.00. The lowest BCUT2D eigenvalue weighted by molar-refractivity contribution is 1.21. The van der Waals surface area contributed by atoms with E-state index in [1.54, 1.807) is 0 Å². The number of hydrogen-bond acceptors (Lipinski definition) is 2. The highest BCUT2D eigenvalue weighted by atomic mass is 14.9. The van der Waals surface area contributed by atoms with Crippen molar-refractivity contribution in [3.05, 3.63) is 212 Å². The van der Waals surface area contributed by atoms with E-state index in [2.05, 4.69) is 202 Å². The molecule has 6 nitrogen and oxygen atoms in total. The first-order chi connectivity index (χ1) is 25.6. The van der Waals surface area contributed by atoms with Crippen molar-refractivity contribution in [3.8, 4) is 0 Å². The summed E-state index contributed by atoms with van der Waals surface area (Å²) >= 11 is 0. The summed E-state index contributed by atoms with van der Waals surface area (Å²) in [6, 6.07) is 51.0. The van der Waals surface area contributed by atoms with Crippen molar-refractivity contribution in [1.29, 1.82) is 0 Å². The van der Waals surface area contributed by atoms with Crippen LogP contribution in [0.25, 0.3) is 23.3 Å². The average Bonchev–Trinajstić information content (AvgIpc) is 3.99. The molecule has 0 atom stereocenters. The molecule has 0 fully saturated rings. The predicted octanol–water partition coefficient (Wildman–Crippen LogP) is 7.57. The number of aryl methyl sites for hydroxylation is 2. The molecule has 0 saturated heterocycles. The molecule has 6 N–H and O–H groups in total. The Labute approximate surface area is 301 Å². The van der Waals surface area contributed by atoms with Gasteiger partial charge in [0.2, 0.25) is 0 Å². The Balaban J connectivity index is 1.23. The van der Waals surface area contributed by atoms with Gasteiger partial charge in [-0.3, -0.25) is 0 Å². The fourth-order valence-electron chi connectivity index (χ4n) is 7.11. The van der Waals surface area contributed by atoms with Crippen molar-refractivity contribution in [2.45, 2.75) is 13.8 Å². The number of rotatable bonds is 6. The van der Waals surface area contributed by atoms with Gasteiger partial charge in [-0.05, 0) is 110 Å². The molecule has 252 valence electrons. The lowest BCUT2D eigenvalue weighted by Crippen LogP contribution is -2.16. The van der Waals surface area contributed by atoms with E-state index in [4.69, 9.17) is 0 Å². The van der Waals surface area contributed by atoms with E-state index in [1.165, 1.54) is 11.1 Å². The third-order valence-electron chi connectivity index (χ3n) is 9.76. The van der Waals surface area contributed by atoms with Gasteiger partial charge in [0, 0.05) is 89.2 Å². The third kappa shape index (κ3) is 5.97. The summed E-state index contributed by atoms with van der Waals surface area (Å²) in [5.74, 6) is 0. The molecule has 6 heteroatoms. The second kappa shape index (κ2) is 13.1. The molecule has 0 radical (unpaired) electrons. The Morgan fingerprint density at radius 3 is 1.21 bits per heavy atom. The first-order valence-corrected chi connectivity index (χ1v) is 17.6. The Morgan fingerprint density at radius 2 is 0.769 bits per heavy atom. The van der Waals surface area contributed by atoms with Crippen LogP contribution >= 0.6 is 0 Å². The number of aromatic nitrogens is 4. The van der Waals surface area contributed by atoms with E-state index in [-0.39, 0.29) is 0 Å². The number of nitrogens with one attached hydrogen (secondary N) is 6. The minimum Gasteiger partial charge on any atom is -0.355 e. The highest BCUT2D eigenvalue weighted by Gasteiger charge is 2.17. The Morgan fingerprint density at radius 1 is 0.365 bits per heavy atom. The molecule has 5 heterocycles. The molecule has 0 amide bonds. The van der Waals surface area contributed by atoms with Gasteiger partial charge >= 0.3 is 0 Å². The number of H-pyrrole nitrogens is 4. The molecule has 4 aromatic carbocycles. The van der Waals surface area contributed by atoms with Crippen LogP contribution in [0.4, 0.5) is 22.7 Å². The SMILES string of the molecule is Cc1ccccc1Nc1ccccc1C1=c2ccc([nH]2)=Cc2ccc([nH]2)C(c2ccccc2Nc2ccccc2C)=c2ccc([nH]2)=Cc2ccc1[nH]2. The number of anilines is 4. The second-order valence-electron chi connectivity index (χ2n) is 13.3. The maximum Gasteiger partial charge on any atom is 0.0486 e. The van der Waals surface area contributed by atoms with E-state index in [0.29, 0.717) is 0 Å². The van der Waals surface area contributed by atoms with Gasteiger partial charge < -0.3 is 30.6 Å². The molecule has 8 aromatic rings. The molecular formula is C46H38N6. The van der Waals surface area contributed by atoms with Gasteiger partial charge in [-0.25, -0.2) is 0 Å². The molecule has 1 aliphatic rings. The van der Waals surface area contributed by atoms with Gasteiger partial charge in [-0.2, -0.15) is 0 Å². The standard InChI is InChI=1S/C46H38N6/c1-29-11-3-7-15-37(29)51-39-17-9-5-13-35(39)45-41-23-19-31(47-41)27-33-21-25-43(49-33)46(44-26-22-34(50-44)28-32-20-24-42(45)48-32)36-14-6-10-18-40(36)52-38-16-8-4-12-30(38)2/h3-28,47-52H,1-2H3. The summed E-state index contributed by atoms with van der Waals surface area (Å²) in [5.41, 5.74) is 15.0. The van der Waals surface area contributed by atoms with Gasteiger partial charge in [0.15, 0.2) is 0 Å². The zero-order chi connectivity index (χ0) is 35.0. The van der Waals surface area contributed by atoms with Gasteiger partial charge in [0.25, 0.3) is 0 Å². The maximum absolute atomic E-state index is 3.74. The summed E-state index contributed by atoms with van der Waals surface area (Å²) in [6.45, 7) is 4.26. The largest absolute Gasteiger partial charge is 0.355 e. The Hall–Kier alpha value is -6.92. The van der Waals surface area contributed by atoms with E-state index in [1.807, 2.05) is 0 Å². The van der Waals surface area contributed by atoms with Crippen LogP contribution in [0.5, 0.6) is 0 Å². The average molecular weight is 675 g/mol. The lowest BCUT2D eigenvalue weighted by atomic mass is 10.00. The van der Waals surface area contributed by atoms with Crippen LogP contribution in [-0.4, -0.2) is 19.9 Å². The van der Waals surface area contributed by atoms with Crippen LogP contribution in [-0.2, 0) is 0 Å². The first-order valence-electron chi connectivity index (χ1n) is 17.6. The van der Waals surface area contributed by atoms with Crippen LogP contribution in [0, 0.1) is 13.8 Å². The molecule has 1 aliphatic heterocycles. The monoisotopic (exact) mass is 674 g/mol. The molecule has 52 heavy (non-hydrogen) atoms. The molecular weight excluding hydrogens is 637 g/mol. The first kappa shape index (κ1) is 31.1. The van der Waals surface area contributed by atoms with Crippen LogP contribution in [0.1, 0.15) is 45.0 Å². The predicted molar refractivity (Wildman–Crippen MR) is 214 cm³/mol. The van der Waals surface area contributed by atoms with Crippen molar-refractivity contribution in [2.75, 3.05) is 10.6 Å². The number of aromatic amines is 4.